The monoisotopic (exact) mass is 87.1 g/mol. The third kappa shape index (κ3) is 0.698. The van der Waals surface area contributed by atoms with Crippen molar-refractivity contribution in [3.63, 3.8) is 0 Å². The molecule has 0 aromatic carbocycles. The van der Waals surface area contributed by atoms with E-state index in [1.807, 2.05) is 0 Å². The summed E-state index contributed by atoms with van der Waals surface area (Å²) in [6.45, 7) is 2.98. The zero-order chi connectivity index (χ0) is 4.41. The van der Waals surface area contributed by atoms with Gasteiger partial charge in [-0.15, -0.1) is 0 Å². The molecule has 2 heteroatoms. The minimum Gasteiger partial charge on any atom is -0.301 e. The molecular formula is C4H9NO. The summed E-state index contributed by atoms with van der Waals surface area (Å²) in [7, 11) is 0. The highest BCUT2D eigenvalue weighted by atomic mass is 16.7. The van der Waals surface area contributed by atoms with Crippen molar-refractivity contribution < 1.29 is 4.84 Å². The predicted octanol–water partition coefficient (Wildman–Crippen LogP) is 0.300. The fraction of sp³-hybridized carbons (Fsp3) is 1.00. The highest BCUT2D eigenvalue weighted by molar-refractivity contribution is 4.57. The largest absolute Gasteiger partial charge is 0.301 e. The van der Waals surface area contributed by atoms with Crippen LogP contribution in [-0.4, -0.2) is 12.6 Å². The third-order valence-corrected chi connectivity index (χ3v) is 0.937. The second-order valence-electron chi connectivity index (χ2n) is 1.66. The van der Waals surface area contributed by atoms with Gasteiger partial charge in [-0.3, -0.25) is 0 Å². The van der Waals surface area contributed by atoms with Crippen LogP contribution in [0.15, 0.2) is 0 Å². The lowest BCUT2D eigenvalue weighted by atomic mass is 10.3. The second-order valence-corrected chi connectivity index (χ2v) is 1.66. The predicted molar refractivity (Wildman–Crippen MR) is 23.2 cm³/mol. The van der Waals surface area contributed by atoms with Gasteiger partial charge in [-0.05, 0) is 13.3 Å². The molecule has 0 bridgehead atoms. The summed E-state index contributed by atoms with van der Waals surface area (Å²) < 4.78 is 0. The molecule has 1 aliphatic heterocycles. The van der Waals surface area contributed by atoms with Gasteiger partial charge in [0.05, 0.1) is 6.61 Å². The fourth-order valence-corrected chi connectivity index (χ4v) is 0.496. The van der Waals surface area contributed by atoms with E-state index in [4.69, 9.17) is 4.84 Å². The lowest BCUT2D eigenvalue weighted by Gasteiger charge is -1.92. The van der Waals surface area contributed by atoms with Crippen LogP contribution in [0, 0.1) is 0 Å². The van der Waals surface area contributed by atoms with E-state index in [0.29, 0.717) is 6.04 Å². The Balaban J connectivity index is 2.18. The van der Waals surface area contributed by atoms with Crippen molar-refractivity contribution in [3.8, 4) is 0 Å². The first kappa shape index (κ1) is 4.09. The Morgan fingerprint density at radius 1 is 1.83 bits per heavy atom. The van der Waals surface area contributed by atoms with Crippen LogP contribution in [0.5, 0.6) is 0 Å². The molecule has 6 heavy (non-hydrogen) atoms. The molecule has 0 spiro atoms. The van der Waals surface area contributed by atoms with E-state index >= 15 is 0 Å². The molecule has 0 aliphatic carbocycles. The molecule has 1 heterocycles. The highest BCUT2D eigenvalue weighted by Gasteiger charge is 2.06. The van der Waals surface area contributed by atoms with Gasteiger partial charge < -0.3 is 4.84 Å². The zero-order valence-electron chi connectivity index (χ0n) is 3.90. The SMILES string of the molecule is CC1CCON1. The van der Waals surface area contributed by atoms with Crippen LogP contribution in [0.1, 0.15) is 13.3 Å². The summed E-state index contributed by atoms with van der Waals surface area (Å²) in [5.41, 5.74) is 2.82. The summed E-state index contributed by atoms with van der Waals surface area (Å²) in [4.78, 5) is 4.81. The molecule has 1 unspecified atom stereocenters. The average molecular weight is 87.1 g/mol. The zero-order valence-corrected chi connectivity index (χ0v) is 3.90. The maximum absolute atomic E-state index is 4.81. The molecule has 0 radical (unpaired) electrons. The van der Waals surface area contributed by atoms with Crippen molar-refractivity contribution >= 4 is 0 Å². The first-order valence-electron chi connectivity index (χ1n) is 2.27. The summed E-state index contributed by atoms with van der Waals surface area (Å²) in [5, 5.41) is 0. The maximum Gasteiger partial charge on any atom is 0.0697 e. The second kappa shape index (κ2) is 1.58. The summed E-state index contributed by atoms with van der Waals surface area (Å²) >= 11 is 0. The standard InChI is InChI=1S/C4H9NO/c1-4-2-3-6-5-4/h4-5H,2-3H2,1H3. The van der Waals surface area contributed by atoms with Gasteiger partial charge in [-0.25, -0.2) is 0 Å². The van der Waals surface area contributed by atoms with Gasteiger partial charge in [0.25, 0.3) is 0 Å². The van der Waals surface area contributed by atoms with Crippen molar-refractivity contribution in [2.24, 2.45) is 0 Å². The van der Waals surface area contributed by atoms with E-state index in [2.05, 4.69) is 12.4 Å². The molecule has 1 aliphatic rings. The van der Waals surface area contributed by atoms with Gasteiger partial charge in [0, 0.05) is 6.04 Å². The van der Waals surface area contributed by atoms with Gasteiger partial charge in [0.2, 0.25) is 0 Å². The third-order valence-electron chi connectivity index (χ3n) is 0.937. The molecule has 0 aromatic rings. The minimum absolute atomic E-state index is 0.574. The Morgan fingerprint density at radius 3 is 2.83 bits per heavy atom. The quantitative estimate of drug-likeness (QED) is 0.459. The van der Waals surface area contributed by atoms with Crippen LogP contribution in [0.25, 0.3) is 0 Å². The summed E-state index contributed by atoms with van der Waals surface area (Å²) in [5.74, 6) is 0. The van der Waals surface area contributed by atoms with Crippen molar-refractivity contribution in [1.29, 1.82) is 0 Å². The molecule has 1 N–H and O–H groups in total. The van der Waals surface area contributed by atoms with Crippen LogP contribution < -0.4 is 5.48 Å². The van der Waals surface area contributed by atoms with Gasteiger partial charge >= 0.3 is 0 Å². The first-order valence-corrected chi connectivity index (χ1v) is 2.27. The van der Waals surface area contributed by atoms with E-state index < -0.39 is 0 Å². The van der Waals surface area contributed by atoms with Crippen molar-refractivity contribution in [1.82, 2.24) is 5.48 Å². The molecular weight excluding hydrogens is 78.0 g/mol. The van der Waals surface area contributed by atoms with E-state index in [-0.39, 0.29) is 0 Å². The van der Waals surface area contributed by atoms with Gasteiger partial charge in [-0.1, -0.05) is 0 Å². The smallest absolute Gasteiger partial charge is 0.0697 e. The highest BCUT2D eigenvalue weighted by Crippen LogP contribution is 1.96. The molecule has 1 rings (SSSR count). The van der Waals surface area contributed by atoms with Crippen molar-refractivity contribution in [3.05, 3.63) is 0 Å². The van der Waals surface area contributed by atoms with Gasteiger partial charge in [0.1, 0.15) is 0 Å². The molecule has 1 fully saturated rings. The number of hydrogen-bond donors (Lipinski definition) is 1. The average Bonchev–Trinajstić information content (AvgIpc) is 1.86. The molecule has 36 valence electrons. The maximum atomic E-state index is 4.81. The van der Waals surface area contributed by atoms with E-state index in [0.717, 1.165) is 13.0 Å². The first-order chi connectivity index (χ1) is 2.89. The van der Waals surface area contributed by atoms with Gasteiger partial charge in [-0.2, -0.15) is 5.48 Å². The van der Waals surface area contributed by atoms with Crippen LogP contribution >= 0.6 is 0 Å². The molecule has 1 saturated heterocycles. The number of hydroxylamine groups is 1. The van der Waals surface area contributed by atoms with Crippen LogP contribution in [0.3, 0.4) is 0 Å². The Morgan fingerprint density at radius 2 is 2.67 bits per heavy atom. The topological polar surface area (TPSA) is 21.3 Å². The molecule has 0 saturated carbocycles. The number of hydrogen-bond acceptors (Lipinski definition) is 2. The van der Waals surface area contributed by atoms with Crippen LogP contribution in [0.2, 0.25) is 0 Å². The van der Waals surface area contributed by atoms with Crippen molar-refractivity contribution in [2.75, 3.05) is 6.61 Å². The van der Waals surface area contributed by atoms with Crippen molar-refractivity contribution in [2.45, 2.75) is 19.4 Å². The van der Waals surface area contributed by atoms with E-state index in [9.17, 15) is 0 Å². The van der Waals surface area contributed by atoms with E-state index in [1.165, 1.54) is 0 Å². The lowest BCUT2D eigenvalue weighted by Crippen LogP contribution is -2.14. The Kier molecular flexibility index (Phi) is 1.08. The Bertz CT molecular complexity index is 40.8. The molecule has 1 atom stereocenters. The van der Waals surface area contributed by atoms with E-state index in [1.54, 1.807) is 0 Å². The molecule has 2 nitrogen and oxygen atoms in total. The summed E-state index contributed by atoms with van der Waals surface area (Å²) in [6.07, 6.45) is 1.15. The van der Waals surface area contributed by atoms with Gasteiger partial charge in [0.15, 0.2) is 0 Å². The fourth-order valence-electron chi connectivity index (χ4n) is 0.496. The number of rotatable bonds is 0. The normalized spacial score (nSPS) is 34.5. The Labute approximate surface area is 37.4 Å². The summed E-state index contributed by atoms with van der Waals surface area (Å²) in [6, 6.07) is 0.574. The van der Waals surface area contributed by atoms with Crippen LogP contribution in [0.4, 0.5) is 0 Å². The minimum atomic E-state index is 0.574. The van der Waals surface area contributed by atoms with Crippen LogP contribution in [-0.2, 0) is 4.84 Å². The lowest BCUT2D eigenvalue weighted by molar-refractivity contribution is 0.0908. The number of nitrogens with one attached hydrogen (secondary N) is 1. The Hall–Kier alpha value is -0.0800. The molecule has 0 amide bonds. The molecule has 0 aromatic heterocycles.